The van der Waals surface area contributed by atoms with E-state index >= 15 is 0 Å². The van der Waals surface area contributed by atoms with E-state index in [0.29, 0.717) is 5.92 Å². The summed E-state index contributed by atoms with van der Waals surface area (Å²) in [5, 5.41) is 11.9. The maximum absolute atomic E-state index is 11.8. The van der Waals surface area contributed by atoms with E-state index in [2.05, 4.69) is 19.2 Å². The molecule has 0 radical (unpaired) electrons. The number of hydrogen-bond donors (Lipinski definition) is 2. The Bertz CT molecular complexity index is 431. The molecule has 0 fully saturated rings. The van der Waals surface area contributed by atoms with Gasteiger partial charge in [-0.2, -0.15) is 0 Å². The van der Waals surface area contributed by atoms with Crippen LogP contribution in [0.25, 0.3) is 0 Å². The van der Waals surface area contributed by atoms with Crippen molar-refractivity contribution in [1.82, 2.24) is 5.32 Å². The van der Waals surface area contributed by atoms with Crippen molar-refractivity contribution in [1.29, 1.82) is 0 Å². The van der Waals surface area contributed by atoms with Gasteiger partial charge in [-0.05, 0) is 30.4 Å². The molecule has 4 heteroatoms. The maximum atomic E-state index is 11.8. The van der Waals surface area contributed by atoms with Gasteiger partial charge in [-0.15, -0.1) is 0 Å². The summed E-state index contributed by atoms with van der Waals surface area (Å²) in [6.45, 7) is 7.99. The molecule has 1 aromatic rings. The Kier molecular flexibility index (Phi) is 6.52. The Morgan fingerprint density at radius 2 is 1.90 bits per heavy atom. The third-order valence-electron chi connectivity index (χ3n) is 3.43. The van der Waals surface area contributed by atoms with Crippen molar-refractivity contribution in [2.45, 2.75) is 39.7 Å². The van der Waals surface area contributed by atoms with Crippen LogP contribution in [0.5, 0.6) is 5.75 Å². The second kappa shape index (κ2) is 7.90. The zero-order valence-electron chi connectivity index (χ0n) is 12.7. The Balaban J connectivity index is 2.53. The molecule has 2 unspecified atom stereocenters. The predicted molar refractivity (Wildman–Crippen MR) is 79.9 cm³/mol. The minimum Gasteiger partial charge on any atom is -0.483 e. The van der Waals surface area contributed by atoms with Gasteiger partial charge >= 0.3 is 0 Å². The smallest absolute Gasteiger partial charge is 0.258 e. The van der Waals surface area contributed by atoms with Gasteiger partial charge in [0.25, 0.3) is 5.91 Å². The number of rotatable bonds is 7. The molecule has 112 valence electrons. The minimum atomic E-state index is -0.170. The summed E-state index contributed by atoms with van der Waals surface area (Å²) in [6.07, 6.45) is 0. The summed E-state index contributed by atoms with van der Waals surface area (Å²) in [6, 6.07) is 7.68. The van der Waals surface area contributed by atoms with Crippen molar-refractivity contribution in [3.63, 3.8) is 0 Å². The molecular formula is C16H25NO3. The first-order chi connectivity index (χ1) is 9.45. The van der Waals surface area contributed by atoms with Gasteiger partial charge in [-0.1, -0.05) is 39.0 Å². The Morgan fingerprint density at radius 1 is 1.25 bits per heavy atom. The number of ether oxygens (including phenoxy) is 1. The number of amides is 1. The molecule has 2 atom stereocenters. The molecule has 0 saturated heterocycles. The number of aliphatic hydroxyl groups excluding tert-OH is 1. The van der Waals surface area contributed by atoms with Crippen molar-refractivity contribution < 1.29 is 14.6 Å². The molecular weight excluding hydrogens is 254 g/mol. The first kappa shape index (κ1) is 16.5. The summed E-state index contributed by atoms with van der Waals surface area (Å²) in [5.74, 6) is 0.960. The van der Waals surface area contributed by atoms with Crippen LogP contribution in [0.4, 0.5) is 0 Å². The predicted octanol–water partition coefficient (Wildman–Crippen LogP) is 2.32. The van der Waals surface area contributed by atoms with Crippen LogP contribution in [0, 0.1) is 5.92 Å². The second-order valence-corrected chi connectivity index (χ2v) is 5.50. The van der Waals surface area contributed by atoms with Gasteiger partial charge < -0.3 is 15.2 Å². The molecule has 0 bridgehead atoms. The van der Waals surface area contributed by atoms with Crippen molar-refractivity contribution in [2.24, 2.45) is 5.92 Å². The lowest BCUT2D eigenvalue weighted by atomic mass is 10.0. The Hall–Kier alpha value is -1.55. The third-order valence-corrected chi connectivity index (χ3v) is 3.43. The molecule has 0 aliphatic carbocycles. The molecule has 20 heavy (non-hydrogen) atoms. The highest BCUT2D eigenvalue weighted by atomic mass is 16.5. The van der Waals surface area contributed by atoms with E-state index in [1.807, 2.05) is 38.1 Å². The number of nitrogens with one attached hydrogen (secondary N) is 1. The van der Waals surface area contributed by atoms with Gasteiger partial charge in [0.2, 0.25) is 0 Å². The lowest BCUT2D eigenvalue weighted by Gasteiger charge is -2.20. The van der Waals surface area contributed by atoms with Crippen LogP contribution in [0.1, 0.15) is 39.2 Å². The van der Waals surface area contributed by atoms with Gasteiger partial charge in [-0.25, -0.2) is 0 Å². The van der Waals surface area contributed by atoms with E-state index in [-0.39, 0.29) is 31.1 Å². The van der Waals surface area contributed by atoms with Gasteiger partial charge in [0.1, 0.15) is 5.75 Å². The number of aliphatic hydroxyl groups is 1. The van der Waals surface area contributed by atoms with Gasteiger partial charge in [0.05, 0.1) is 0 Å². The fourth-order valence-corrected chi connectivity index (χ4v) is 1.83. The molecule has 0 aliphatic heterocycles. The molecule has 0 aliphatic rings. The minimum absolute atomic E-state index is 0.00772. The highest BCUT2D eigenvalue weighted by Crippen LogP contribution is 2.25. The number of hydrogen-bond acceptors (Lipinski definition) is 3. The second-order valence-electron chi connectivity index (χ2n) is 5.50. The summed E-state index contributed by atoms with van der Waals surface area (Å²) < 4.78 is 5.60. The van der Waals surface area contributed by atoms with E-state index in [4.69, 9.17) is 9.84 Å². The lowest BCUT2D eigenvalue weighted by molar-refractivity contribution is -0.124. The average Bonchev–Trinajstić information content (AvgIpc) is 2.44. The van der Waals surface area contributed by atoms with Crippen LogP contribution < -0.4 is 10.1 Å². The Morgan fingerprint density at radius 3 is 2.50 bits per heavy atom. The molecule has 0 saturated carbocycles. The molecule has 4 nitrogen and oxygen atoms in total. The first-order valence-corrected chi connectivity index (χ1v) is 7.07. The SMILES string of the molecule is CC(C)c1ccccc1OCC(=O)NC(C)C(C)CO. The number of para-hydroxylation sites is 1. The normalized spacial score (nSPS) is 13.9. The average molecular weight is 279 g/mol. The van der Waals surface area contributed by atoms with Crippen LogP contribution >= 0.6 is 0 Å². The highest BCUT2D eigenvalue weighted by molar-refractivity contribution is 5.77. The van der Waals surface area contributed by atoms with Crippen LogP contribution in [0.15, 0.2) is 24.3 Å². The number of carbonyl (C=O) groups is 1. The van der Waals surface area contributed by atoms with Crippen molar-refractivity contribution in [3.8, 4) is 5.75 Å². The van der Waals surface area contributed by atoms with E-state index in [0.717, 1.165) is 11.3 Å². The molecule has 1 amide bonds. The molecule has 0 spiro atoms. The van der Waals surface area contributed by atoms with Crippen LogP contribution in [-0.2, 0) is 4.79 Å². The van der Waals surface area contributed by atoms with Gasteiger partial charge in [0.15, 0.2) is 6.61 Å². The van der Waals surface area contributed by atoms with Crippen LogP contribution in [0.3, 0.4) is 0 Å². The molecule has 1 rings (SSSR count). The number of benzene rings is 1. The quantitative estimate of drug-likeness (QED) is 0.805. The zero-order chi connectivity index (χ0) is 15.1. The topological polar surface area (TPSA) is 58.6 Å². The summed E-state index contributed by atoms with van der Waals surface area (Å²) in [5.41, 5.74) is 1.09. The zero-order valence-corrected chi connectivity index (χ0v) is 12.7. The third kappa shape index (κ3) is 4.85. The van der Waals surface area contributed by atoms with Crippen molar-refractivity contribution in [2.75, 3.05) is 13.2 Å². The fraction of sp³-hybridized carbons (Fsp3) is 0.562. The van der Waals surface area contributed by atoms with Gasteiger partial charge in [0, 0.05) is 12.6 Å². The van der Waals surface area contributed by atoms with Gasteiger partial charge in [-0.3, -0.25) is 4.79 Å². The van der Waals surface area contributed by atoms with E-state index in [9.17, 15) is 4.79 Å². The highest BCUT2D eigenvalue weighted by Gasteiger charge is 2.15. The van der Waals surface area contributed by atoms with Crippen molar-refractivity contribution in [3.05, 3.63) is 29.8 Å². The summed E-state index contributed by atoms with van der Waals surface area (Å²) in [7, 11) is 0. The van der Waals surface area contributed by atoms with E-state index in [1.165, 1.54) is 0 Å². The molecule has 2 N–H and O–H groups in total. The standard InChI is InChI=1S/C16H25NO3/c1-11(2)14-7-5-6-8-15(14)20-10-16(19)17-13(4)12(3)9-18/h5-8,11-13,18H,9-10H2,1-4H3,(H,17,19). The number of carbonyl (C=O) groups excluding carboxylic acids is 1. The summed E-state index contributed by atoms with van der Waals surface area (Å²) in [4.78, 5) is 11.8. The summed E-state index contributed by atoms with van der Waals surface area (Å²) >= 11 is 0. The molecule has 0 heterocycles. The largest absolute Gasteiger partial charge is 0.483 e. The molecule has 1 aromatic carbocycles. The van der Waals surface area contributed by atoms with E-state index in [1.54, 1.807) is 0 Å². The lowest BCUT2D eigenvalue weighted by Crippen LogP contribution is -2.40. The monoisotopic (exact) mass is 279 g/mol. The van der Waals surface area contributed by atoms with Crippen molar-refractivity contribution >= 4 is 5.91 Å². The maximum Gasteiger partial charge on any atom is 0.258 e. The van der Waals surface area contributed by atoms with Crippen LogP contribution in [0.2, 0.25) is 0 Å². The molecule has 0 aromatic heterocycles. The van der Waals surface area contributed by atoms with Crippen LogP contribution in [-0.4, -0.2) is 30.3 Å². The first-order valence-electron chi connectivity index (χ1n) is 7.07. The van der Waals surface area contributed by atoms with E-state index < -0.39 is 0 Å². The Labute approximate surface area is 121 Å². The fourth-order valence-electron chi connectivity index (χ4n) is 1.83.